The van der Waals surface area contributed by atoms with Gasteiger partial charge in [-0.1, -0.05) is 18.2 Å². The summed E-state index contributed by atoms with van der Waals surface area (Å²) < 4.78 is 5.50. The van der Waals surface area contributed by atoms with Gasteiger partial charge in [-0.25, -0.2) is 4.98 Å². The number of nitriles is 1. The highest BCUT2D eigenvalue weighted by molar-refractivity contribution is 7.99. The molecule has 2 heterocycles. The number of oxazole rings is 1. The largest absolute Gasteiger partial charge is 0.444 e. The fourth-order valence-electron chi connectivity index (χ4n) is 3.12. The number of rotatable bonds is 5. The van der Waals surface area contributed by atoms with Crippen LogP contribution >= 0.6 is 11.8 Å². The van der Waals surface area contributed by atoms with E-state index in [1.54, 1.807) is 29.2 Å². The molecule has 0 saturated carbocycles. The lowest BCUT2D eigenvalue weighted by molar-refractivity contribution is -0.135. The summed E-state index contributed by atoms with van der Waals surface area (Å²) in [5.41, 5.74) is 2.48. The number of benzene rings is 2. The number of amides is 2. The Hall–Kier alpha value is -3.57. The maximum absolute atomic E-state index is 12.8. The van der Waals surface area contributed by atoms with E-state index in [2.05, 4.69) is 10.3 Å². The molecule has 0 radical (unpaired) electrons. The van der Waals surface area contributed by atoms with Crippen LogP contribution in [0.25, 0.3) is 11.5 Å². The first kappa shape index (κ1) is 19.7. The van der Waals surface area contributed by atoms with Crippen LogP contribution in [0.4, 0.5) is 5.69 Å². The Morgan fingerprint density at radius 2 is 1.97 bits per heavy atom. The second-order valence-corrected chi connectivity index (χ2v) is 7.74. The van der Waals surface area contributed by atoms with Crippen molar-refractivity contribution >= 4 is 29.3 Å². The predicted molar refractivity (Wildman–Crippen MR) is 113 cm³/mol. The maximum Gasteiger partial charge on any atom is 0.248 e. The summed E-state index contributed by atoms with van der Waals surface area (Å²) in [7, 11) is 0. The van der Waals surface area contributed by atoms with E-state index in [-0.39, 0.29) is 18.2 Å². The molecule has 1 aliphatic rings. The zero-order chi connectivity index (χ0) is 20.9. The molecule has 2 aromatic carbocycles. The number of anilines is 1. The third-order valence-electron chi connectivity index (χ3n) is 4.69. The van der Waals surface area contributed by atoms with E-state index in [9.17, 15) is 9.59 Å². The van der Waals surface area contributed by atoms with Crippen LogP contribution in [0.1, 0.15) is 11.3 Å². The summed E-state index contributed by atoms with van der Waals surface area (Å²) >= 11 is 1.53. The summed E-state index contributed by atoms with van der Waals surface area (Å²) in [5.74, 6) is 1.02. The van der Waals surface area contributed by atoms with Crippen LogP contribution in [-0.2, 0) is 16.0 Å². The van der Waals surface area contributed by atoms with Crippen molar-refractivity contribution in [3.63, 3.8) is 0 Å². The van der Waals surface area contributed by atoms with Gasteiger partial charge in [-0.05, 0) is 36.4 Å². The standard InChI is InChI=1S/C22H18N4O3S/c23-11-15-6-8-17(9-7-15)24-21(28)19-13-30-14-26(19)20(27)10-18-12-29-22(25-18)16-4-2-1-3-5-16/h1-9,12,19H,10,13-14H2,(H,24,28). The highest BCUT2D eigenvalue weighted by Gasteiger charge is 2.34. The summed E-state index contributed by atoms with van der Waals surface area (Å²) in [4.78, 5) is 31.5. The summed E-state index contributed by atoms with van der Waals surface area (Å²) in [5, 5.41) is 11.7. The van der Waals surface area contributed by atoms with Gasteiger partial charge in [0, 0.05) is 17.0 Å². The van der Waals surface area contributed by atoms with Crippen molar-refractivity contribution in [1.29, 1.82) is 5.26 Å². The summed E-state index contributed by atoms with van der Waals surface area (Å²) in [6.07, 6.45) is 1.55. The van der Waals surface area contributed by atoms with E-state index in [1.807, 2.05) is 36.4 Å². The zero-order valence-electron chi connectivity index (χ0n) is 15.9. The molecule has 7 nitrogen and oxygen atoms in total. The minimum Gasteiger partial charge on any atom is -0.444 e. The van der Waals surface area contributed by atoms with Gasteiger partial charge in [0.25, 0.3) is 0 Å². The van der Waals surface area contributed by atoms with E-state index < -0.39 is 6.04 Å². The SMILES string of the molecule is N#Cc1ccc(NC(=O)C2CSCN2C(=O)Cc2coc(-c3ccccc3)n2)cc1. The molecule has 0 bridgehead atoms. The monoisotopic (exact) mass is 418 g/mol. The lowest BCUT2D eigenvalue weighted by Gasteiger charge is -2.22. The van der Waals surface area contributed by atoms with Crippen molar-refractivity contribution in [3.8, 4) is 17.5 Å². The number of carbonyl (C=O) groups is 2. The summed E-state index contributed by atoms with van der Waals surface area (Å²) in [6, 6.07) is 17.6. The first-order valence-corrected chi connectivity index (χ1v) is 10.5. The Balaban J connectivity index is 1.40. The van der Waals surface area contributed by atoms with Crippen molar-refractivity contribution in [2.45, 2.75) is 12.5 Å². The van der Waals surface area contributed by atoms with Crippen LogP contribution in [0.5, 0.6) is 0 Å². The highest BCUT2D eigenvalue weighted by Crippen LogP contribution is 2.24. The van der Waals surface area contributed by atoms with Crippen LogP contribution in [0.15, 0.2) is 65.3 Å². The van der Waals surface area contributed by atoms with E-state index in [4.69, 9.17) is 9.68 Å². The van der Waals surface area contributed by atoms with Gasteiger partial charge in [0.15, 0.2) is 0 Å². The Kier molecular flexibility index (Phi) is 5.82. The smallest absolute Gasteiger partial charge is 0.248 e. The average molecular weight is 418 g/mol. The molecule has 1 atom stereocenters. The molecule has 0 aliphatic carbocycles. The second-order valence-electron chi connectivity index (χ2n) is 6.74. The zero-order valence-corrected chi connectivity index (χ0v) is 16.8. The number of aromatic nitrogens is 1. The summed E-state index contributed by atoms with van der Waals surface area (Å²) in [6.45, 7) is 0. The number of nitrogens with zero attached hydrogens (tertiary/aromatic N) is 3. The van der Waals surface area contributed by atoms with Gasteiger partial charge in [-0.2, -0.15) is 5.26 Å². The molecule has 0 spiro atoms. The van der Waals surface area contributed by atoms with Crippen LogP contribution in [-0.4, -0.2) is 39.4 Å². The van der Waals surface area contributed by atoms with Crippen molar-refractivity contribution in [3.05, 3.63) is 72.1 Å². The first-order chi connectivity index (χ1) is 14.6. The van der Waals surface area contributed by atoms with Crippen LogP contribution in [0.3, 0.4) is 0 Å². The van der Waals surface area contributed by atoms with E-state index in [0.717, 1.165) is 5.56 Å². The van der Waals surface area contributed by atoms with E-state index >= 15 is 0 Å². The fourth-order valence-corrected chi connectivity index (χ4v) is 4.30. The van der Waals surface area contributed by atoms with Crippen LogP contribution < -0.4 is 5.32 Å². The number of carbonyl (C=O) groups excluding carboxylic acids is 2. The molecular formula is C22H18N4O3S. The predicted octanol–water partition coefficient (Wildman–Crippen LogP) is 3.30. The quantitative estimate of drug-likeness (QED) is 0.683. The van der Waals surface area contributed by atoms with Gasteiger partial charge < -0.3 is 14.6 Å². The number of hydrogen-bond donors (Lipinski definition) is 1. The minimum absolute atomic E-state index is 0.0670. The number of hydrogen-bond acceptors (Lipinski definition) is 6. The second kappa shape index (κ2) is 8.84. The molecule has 2 amide bonds. The van der Waals surface area contributed by atoms with E-state index in [1.165, 1.54) is 18.0 Å². The molecule has 1 N–H and O–H groups in total. The lowest BCUT2D eigenvalue weighted by Crippen LogP contribution is -2.45. The lowest BCUT2D eigenvalue weighted by atomic mass is 10.2. The van der Waals surface area contributed by atoms with Crippen molar-refractivity contribution in [1.82, 2.24) is 9.88 Å². The average Bonchev–Trinajstić information content (AvgIpc) is 3.45. The van der Waals surface area contributed by atoms with Gasteiger partial charge in [0.1, 0.15) is 12.3 Å². The molecular weight excluding hydrogens is 400 g/mol. The van der Waals surface area contributed by atoms with Gasteiger partial charge in [0.05, 0.1) is 29.6 Å². The number of thioether (sulfide) groups is 1. The molecule has 30 heavy (non-hydrogen) atoms. The molecule has 1 aromatic heterocycles. The Labute approximate surface area is 177 Å². The Morgan fingerprint density at radius 3 is 2.70 bits per heavy atom. The molecule has 3 aromatic rings. The molecule has 1 aliphatic heterocycles. The van der Waals surface area contributed by atoms with E-state index in [0.29, 0.717) is 34.5 Å². The molecule has 1 saturated heterocycles. The highest BCUT2D eigenvalue weighted by atomic mass is 32.2. The number of nitrogens with one attached hydrogen (secondary N) is 1. The van der Waals surface area contributed by atoms with Gasteiger partial charge >= 0.3 is 0 Å². The molecule has 8 heteroatoms. The topological polar surface area (TPSA) is 99.2 Å². The first-order valence-electron chi connectivity index (χ1n) is 9.32. The van der Waals surface area contributed by atoms with Gasteiger partial charge in [-0.3, -0.25) is 9.59 Å². The fraction of sp³-hybridized carbons (Fsp3) is 0.182. The van der Waals surface area contributed by atoms with Crippen molar-refractivity contribution < 1.29 is 14.0 Å². The molecule has 150 valence electrons. The normalized spacial score (nSPS) is 15.6. The molecule has 1 unspecified atom stereocenters. The third kappa shape index (κ3) is 4.36. The Morgan fingerprint density at radius 1 is 1.20 bits per heavy atom. The van der Waals surface area contributed by atoms with Crippen molar-refractivity contribution in [2.24, 2.45) is 0 Å². The maximum atomic E-state index is 12.8. The van der Waals surface area contributed by atoms with Crippen LogP contribution in [0, 0.1) is 11.3 Å². The minimum atomic E-state index is -0.557. The van der Waals surface area contributed by atoms with Gasteiger partial charge in [0.2, 0.25) is 17.7 Å². The molecule has 4 rings (SSSR count). The van der Waals surface area contributed by atoms with Crippen molar-refractivity contribution in [2.75, 3.05) is 16.9 Å². The Bertz CT molecular complexity index is 1090. The third-order valence-corrected chi connectivity index (χ3v) is 5.70. The van der Waals surface area contributed by atoms with Crippen LogP contribution in [0.2, 0.25) is 0 Å². The van der Waals surface area contributed by atoms with Gasteiger partial charge in [-0.15, -0.1) is 11.8 Å². The molecule has 1 fully saturated rings.